The average Bonchev–Trinajstić information content (AvgIpc) is 3.44. The van der Waals surface area contributed by atoms with Crippen molar-refractivity contribution < 1.29 is 4.74 Å². The fourth-order valence-electron chi connectivity index (χ4n) is 3.55. The fourth-order valence-corrected chi connectivity index (χ4v) is 3.55. The molecule has 0 fully saturated rings. The summed E-state index contributed by atoms with van der Waals surface area (Å²) < 4.78 is 5.20. The molecule has 4 aromatic rings. The third-order valence-corrected chi connectivity index (χ3v) is 5.22. The van der Waals surface area contributed by atoms with Gasteiger partial charge in [0.15, 0.2) is 11.8 Å². The van der Waals surface area contributed by atoms with Crippen LogP contribution in [-0.2, 0) is 13.0 Å². The van der Waals surface area contributed by atoms with Gasteiger partial charge in [0.05, 0.1) is 7.11 Å². The van der Waals surface area contributed by atoms with Crippen molar-refractivity contribution in [2.45, 2.75) is 26.8 Å². The predicted molar refractivity (Wildman–Crippen MR) is 143 cm³/mol. The van der Waals surface area contributed by atoms with E-state index in [1.54, 1.807) is 7.11 Å². The molecule has 2 aromatic heterocycles. The summed E-state index contributed by atoms with van der Waals surface area (Å²) in [4.78, 5) is 12.6. The standard InChI is InChI=1S/C24H29N7O.HI/c1-4-25-24(26-12-11-18-14-27-21-13-16(2)5-10-20(18)21)28-15-22-29-23(31-30-22)17-6-8-19(32-3)9-7-17;/h5-10,13-14,27H,4,11-12,15H2,1-3H3,(H2,25,26,28)(H,29,30,31);1H. The Hall–Kier alpha value is -3.08. The van der Waals surface area contributed by atoms with Crippen LogP contribution in [0.3, 0.4) is 0 Å². The maximum atomic E-state index is 5.20. The smallest absolute Gasteiger partial charge is 0.191 e. The number of aryl methyl sites for hydroxylation is 1. The van der Waals surface area contributed by atoms with Crippen molar-refractivity contribution in [3.8, 4) is 17.1 Å². The Balaban J connectivity index is 0.00000306. The van der Waals surface area contributed by atoms with Gasteiger partial charge in [0.2, 0.25) is 0 Å². The zero-order valence-electron chi connectivity index (χ0n) is 19.1. The van der Waals surface area contributed by atoms with Gasteiger partial charge in [-0.1, -0.05) is 12.1 Å². The predicted octanol–water partition coefficient (Wildman–Crippen LogP) is 4.19. The van der Waals surface area contributed by atoms with Crippen molar-refractivity contribution in [3.05, 3.63) is 65.6 Å². The van der Waals surface area contributed by atoms with Gasteiger partial charge in [-0.05, 0) is 61.7 Å². The number of benzene rings is 2. The van der Waals surface area contributed by atoms with Crippen molar-refractivity contribution in [2.75, 3.05) is 20.2 Å². The summed E-state index contributed by atoms with van der Waals surface area (Å²) in [5.74, 6) is 2.91. The van der Waals surface area contributed by atoms with Crippen molar-refractivity contribution >= 4 is 40.8 Å². The average molecular weight is 559 g/mol. The van der Waals surface area contributed by atoms with E-state index in [1.807, 2.05) is 24.3 Å². The Bertz CT molecular complexity index is 1200. The number of aliphatic imine (C=N–C) groups is 1. The van der Waals surface area contributed by atoms with Crippen LogP contribution >= 0.6 is 24.0 Å². The number of nitrogens with one attached hydrogen (secondary N) is 4. The quantitative estimate of drug-likeness (QED) is 0.147. The molecule has 174 valence electrons. The van der Waals surface area contributed by atoms with E-state index >= 15 is 0 Å². The minimum atomic E-state index is 0. The van der Waals surface area contributed by atoms with Crippen molar-refractivity contribution in [2.24, 2.45) is 4.99 Å². The van der Waals surface area contributed by atoms with Gasteiger partial charge in [-0.3, -0.25) is 5.10 Å². The van der Waals surface area contributed by atoms with Gasteiger partial charge in [-0.2, -0.15) is 5.10 Å². The molecule has 0 aliphatic heterocycles. The highest BCUT2D eigenvalue weighted by atomic mass is 127. The van der Waals surface area contributed by atoms with Crippen molar-refractivity contribution in [1.29, 1.82) is 0 Å². The van der Waals surface area contributed by atoms with Gasteiger partial charge in [0.25, 0.3) is 0 Å². The van der Waals surface area contributed by atoms with Crippen LogP contribution in [0.2, 0.25) is 0 Å². The molecule has 0 saturated carbocycles. The lowest BCUT2D eigenvalue weighted by Gasteiger charge is -2.10. The number of fused-ring (bicyclic) bond motifs is 1. The van der Waals surface area contributed by atoms with E-state index in [2.05, 4.69) is 74.0 Å². The van der Waals surface area contributed by atoms with E-state index in [1.165, 1.54) is 22.0 Å². The number of methoxy groups -OCH3 is 1. The molecule has 4 rings (SSSR count). The Labute approximate surface area is 210 Å². The molecular weight excluding hydrogens is 529 g/mol. The third-order valence-electron chi connectivity index (χ3n) is 5.22. The third kappa shape index (κ3) is 6.25. The number of guanidine groups is 1. The van der Waals surface area contributed by atoms with E-state index in [-0.39, 0.29) is 24.0 Å². The lowest BCUT2D eigenvalue weighted by molar-refractivity contribution is 0.415. The highest BCUT2D eigenvalue weighted by Gasteiger charge is 2.07. The first kappa shape index (κ1) is 24.6. The number of hydrogen-bond acceptors (Lipinski definition) is 4. The van der Waals surface area contributed by atoms with E-state index in [9.17, 15) is 0 Å². The molecule has 2 aromatic carbocycles. The summed E-state index contributed by atoms with van der Waals surface area (Å²) in [7, 11) is 1.65. The molecule has 0 amide bonds. The summed E-state index contributed by atoms with van der Waals surface area (Å²) >= 11 is 0. The van der Waals surface area contributed by atoms with Gasteiger partial charge in [0.1, 0.15) is 18.1 Å². The Morgan fingerprint density at radius 2 is 1.94 bits per heavy atom. The molecule has 0 bridgehead atoms. The van der Waals surface area contributed by atoms with E-state index < -0.39 is 0 Å². The van der Waals surface area contributed by atoms with Crippen LogP contribution in [-0.4, -0.2) is 46.3 Å². The second-order valence-corrected chi connectivity index (χ2v) is 7.57. The Morgan fingerprint density at radius 3 is 2.70 bits per heavy atom. The van der Waals surface area contributed by atoms with E-state index in [0.717, 1.165) is 36.8 Å². The lowest BCUT2D eigenvalue weighted by atomic mass is 10.1. The number of H-pyrrole nitrogens is 2. The second-order valence-electron chi connectivity index (χ2n) is 7.57. The van der Waals surface area contributed by atoms with E-state index in [4.69, 9.17) is 4.74 Å². The molecule has 0 atom stereocenters. The molecule has 9 heteroatoms. The normalized spacial score (nSPS) is 11.3. The number of ether oxygens (including phenoxy) is 1. The number of rotatable bonds is 8. The summed E-state index contributed by atoms with van der Waals surface area (Å²) in [6.07, 6.45) is 2.99. The lowest BCUT2D eigenvalue weighted by Crippen LogP contribution is -2.38. The Kier molecular flexibility index (Phi) is 8.70. The fraction of sp³-hybridized carbons (Fsp3) is 0.292. The molecule has 8 nitrogen and oxygen atoms in total. The minimum absolute atomic E-state index is 0. The number of nitrogens with zero attached hydrogens (tertiary/aromatic N) is 3. The zero-order chi connectivity index (χ0) is 22.3. The molecule has 0 saturated heterocycles. The highest BCUT2D eigenvalue weighted by molar-refractivity contribution is 14.0. The molecular formula is C24H30IN7O. The highest BCUT2D eigenvalue weighted by Crippen LogP contribution is 2.20. The molecule has 0 radical (unpaired) electrons. The zero-order valence-corrected chi connectivity index (χ0v) is 21.4. The topological polar surface area (TPSA) is 103 Å². The van der Waals surface area contributed by atoms with Gasteiger partial charge < -0.3 is 20.4 Å². The maximum Gasteiger partial charge on any atom is 0.191 e. The first-order valence-electron chi connectivity index (χ1n) is 10.8. The van der Waals surface area contributed by atoms with Gasteiger partial charge in [-0.25, -0.2) is 9.98 Å². The number of aromatic amines is 2. The van der Waals surface area contributed by atoms with E-state index in [0.29, 0.717) is 18.2 Å². The maximum absolute atomic E-state index is 5.20. The first-order chi connectivity index (χ1) is 15.7. The van der Waals surface area contributed by atoms with Crippen LogP contribution in [0.25, 0.3) is 22.3 Å². The number of hydrogen-bond donors (Lipinski definition) is 4. The first-order valence-corrected chi connectivity index (χ1v) is 10.8. The van der Waals surface area contributed by atoms with Gasteiger partial charge in [0, 0.05) is 35.8 Å². The van der Waals surface area contributed by atoms with Gasteiger partial charge >= 0.3 is 0 Å². The van der Waals surface area contributed by atoms with Crippen LogP contribution < -0.4 is 15.4 Å². The van der Waals surface area contributed by atoms with Crippen LogP contribution in [0.4, 0.5) is 0 Å². The number of aromatic nitrogens is 4. The summed E-state index contributed by atoms with van der Waals surface area (Å²) in [5, 5.41) is 15.2. The van der Waals surface area contributed by atoms with Crippen LogP contribution in [0.5, 0.6) is 5.75 Å². The van der Waals surface area contributed by atoms with Crippen LogP contribution in [0, 0.1) is 6.92 Å². The summed E-state index contributed by atoms with van der Waals surface area (Å²) in [6.45, 7) is 6.13. The molecule has 33 heavy (non-hydrogen) atoms. The Morgan fingerprint density at radius 1 is 1.12 bits per heavy atom. The van der Waals surface area contributed by atoms with Gasteiger partial charge in [-0.15, -0.1) is 24.0 Å². The largest absolute Gasteiger partial charge is 0.497 e. The summed E-state index contributed by atoms with van der Waals surface area (Å²) in [6, 6.07) is 14.2. The summed E-state index contributed by atoms with van der Waals surface area (Å²) in [5.41, 5.74) is 4.66. The van der Waals surface area contributed by atoms with Crippen molar-refractivity contribution in [1.82, 2.24) is 30.8 Å². The molecule has 0 spiro atoms. The molecule has 0 aliphatic carbocycles. The molecule has 4 N–H and O–H groups in total. The number of halogens is 1. The molecule has 2 heterocycles. The van der Waals surface area contributed by atoms with Crippen LogP contribution in [0.1, 0.15) is 23.9 Å². The minimum Gasteiger partial charge on any atom is -0.497 e. The van der Waals surface area contributed by atoms with Crippen LogP contribution in [0.15, 0.2) is 53.7 Å². The SMILES string of the molecule is CCNC(=NCc1nc(-c2ccc(OC)cc2)n[nH]1)NCCc1c[nH]c2cc(C)ccc12.I. The molecule has 0 aliphatic rings. The molecule has 0 unspecified atom stereocenters. The monoisotopic (exact) mass is 559 g/mol. The van der Waals surface area contributed by atoms with Crippen molar-refractivity contribution in [3.63, 3.8) is 0 Å². The second kappa shape index (κ2) is 11.7.